The summed E-state index contributed by atoms with van der Waals surface area (Å²) in [6.45, 7) is 2.98. The van der Waals surface area contributed by atoms with E-state index in [0.29, 0.717) is 11.3 Å². The first-order valence-electron chi connectivity index (χ1n) is 9.33. The predicted octanol–water partition coefficient (Wildman–Crippen LogP) is 3.47. The van der Waals surface area contributed by atoms with Gasteiger partial charge < -0.3 is 14.6 Å². The van der Waals surface area contributed by atoms with E-state index in [0.717, 1.165) is 43.3 Å². The summed E-state index contributed by atoms with van der Waals surface area (Å²) in [5, 5.41) is 3.45. The fraction of sp³-hybridized carbons (Fsp3) is 0.500. The maximum Gasteiger partial charge on any atom is 0.226 e. The number of aliphatic imine (C=N–C) groups is 1. The quantitative estimate of drug-likeness (QED) is 0.673. The van der Waals surface area contributed by atoms with Crippen LogP contribution in [0.15, 0.2) is 39.9 Å². The van der Waals surface area contributed by atoms with Crippen molar-refractivity contribution in [1.82, 2.24) is 15.2 Å². The standard InChI is InChI=1S/C20H25FN4O/c1-22-19(25-12-10-20(14-25)8-2-9-20)23-11-7-17-13-26-18(24-17)15-3-5-16(21)6-4-15/h3-6,13H,2,7-12,14H2,1H3,(H,22,23). The normalized spacial score (nSPS) is 19.0. The van der Waals surface area contributed by atoms with Crippen LogP contribution in [0.4, 0.5) is 4.39 Å². The molecule has 2 aromatic rings. The van der Waals surface area contributed by atoms with Gasteiger partial charge in [0.2, 0.25) is 5.89 Å². The van der Waals surface area contributed by atoms with Crippen molar-refractivity contribution in [3.05, 3.63) is 42.0 Å². The molecule has 2 heterocycles. The Kier molecular flexibility index (Phi) is 4.66. The van der Waals surface area contributed by atoms with Crippen molar-refractivity contribution in [2.24, 2.45) is 10.4 Å². The first-order chi connectivity index (χ1) is 12.7. The van der Waals surface area contributed by atoms with Crippen LogP contribution >= 0.6 is 0 Å². The highest BCUT2D eigenvalue weighted by Gasteiger charge is 2.43. The van der Waals surface area contributed by atoms with Gasteiger partial charge in [0, 0.05) is 38.7 Å². The molecule has 0 radical (unpaired) electrons. The molecule has 1 aliphatic heterocycles. The van der Waals surface area contributed by atoms with Gasteiger partial charge in [-0.25, -0.2) is 9.37 Å². The molecule has 0 unspecified atom stereocenters. The van der Waals surface area contributed by atoms with Crippen molar-refractivity contribution in [1.29, 1.82) is 0 Å². The molecule has 1 saturated heterocycles. The van der Waals surface area contributed by atoms with Crippen LogP contribution in [0, 0.1) is 11.2 Å². The Morgan fingerprint density at radius 1 is 1.31 bits per heavy atom. The monoisotopic (exact) mass is 356 g/mol. The highest BCUT2D eigenvalue weighted by molar-refractivity contribution is 5.80. The molecule has 26 heavy (non-hydrogen) atoms. The third-order valence-corrected chi connectivity index (χ3v) is 5.67. The summed E-state index contributed by atoms with van der Waals surface area (Å²) < 4.78 is 18.5. The van der Waals surface area contributed by atoms with Crippen LogP contribution in [0.25, 0.3) is 11.5 Å². The van der Waals surface area contributed by atoms with Crippen molar-refractivity contribution >= 4 is 5.96 Å². The molecule has 1 aromatic heterocycles. The predicted molar refractivity (Wildman–Crippen MR) is 99.4 cm³/mol. The van der Waals surface area contributed by atoms with E-state index in [9.17, 15) is 4.39 Å². The van der Waals surface area contributed by atoms with Gasteiger partial charge in [0.15, 0.2) is 5.96 Å². The second-order valence-corrected chi connectivity index (χ2v) is 7.40. The highest BCUT2D eigenvalue weighted by Crippen LogP contribution is 2.47. The smallest absolute Gasteiger partial charge is 0.226 e. The van der Waals surface area contributed by atoms with Gasteiger partial charge in [-0.3, -0.25) is 4.99 Å². The van der Waals surface area contributed by atoms with Crippen LogP contribution in [-0.2, 0) is 6.42 Å². The van der Waals surface area contributed by atoms with Gasteiger partial charge in [0.05, 0.1) is 5.69 Å². The number of likely N-dealkylation sites (tertiary alicyclic amines) is 1. The largest absolute Gasteiger partial charge is 0.444 e. The number of hydrogen-bond acceptors (Lipinski definition) is 3. The molecule has 1 spiro atoms. The van der Waals surface area contributed by atoms with Crippen LogP contribution in [0.1, 0.15) is 31.4 Å². The van der Waals surface area contributed by atoms with Gasteiger partial charge in [-0.05, 0) is 48.9 Å². The second kappa shape index (κ2) is 7.09. The number of nitrogens with one attached hydrogen (secondary N) is 1. The molecule has 1 aromatic carbocycles. The Morgan fingerprint density at radius 3 is 2.77 bits per heavy atom. The Morgan fingerprint density at radius 2 is 2.12 bits per heavy atom. The molecule has 6 heteroatoms. The third kappa shape index (κ3) is 3.45. The van der Waals surface area contributed by atoms with Crippen LogP contribution in [-0.4, -0.2) is 42.5 Å². The number of oxazole rings is 1. The van der Waals surface area contributed by atoms with E-state index in [1.54, 1.807) is 18.4 Å². The minimum atomic E-state index is -0.262. The molecular formula is C20H25FN4O. The summed E-state index contributed by atoms with van der Waals surface area (Å²) in [6.07, 6.45) is 7.82. The molecule has 2 aliphatic rings. The number of aromatic nitrogens is 1. The van der Waals surface area contributed by atoms with Crippen molar-refractivity contribution in [3.8, 4) is 11.5 Å². The van der Waals surface area contributed by atoms with Crippen LogP contribution in [0.3, 0.4) is 0 Å². The van der Waals surface area contributed by atoms with Crippen LogP contribution < -0.4 is 5.32 Å². The summed E-state index contributed by atoms with van der Waals surface area (Å²) in [7, 11) is 1.84. The number of halogens is 1. The first-order valence-corrected chi connectivity index (χ1v) is 9.33. The minimum absolute atomic E-state index is 0.262. The van der Waals surface area contributed by atoms with Gasteiger partial charge >= 0.3 is 0 Å². The molecule has 2 fully saturated rings. The maximum atomic E-state index is 13.0. The lowest BCUT2D eigenvalue weighted by molar-refractivity contribution is 0.151. The lowest BCUT2D eigenvalue weighted by Crippen LogP contribution is -2.43. The molecule has 0 bridgehead atoms. The molecule has 5 nitrogen and oxygen atoms in total. The van der Waals surface area contributed by atoms with E-state index in [1.165, 1.54) is 37.8 Å². The Bertz CT molecular complexity index is 779. The third-order valence-electron chi connectivity index (χ3n) is 5.67. The molecule has 4 rings (SSSR count). The van der Waals surface area contributed by atoms with E-state index in [-0.39, 0.29) is 5.82 Å². The molecule has 138 valence electrons. The zero-order chi connectivity index (χ0) is 18.0. The second-order valence-electron chi connectivity index (χ2n) is 7.40. The molecular weight excluding hydrogens is 331 g/mol. The summed E-state index contributed by atoms with van der Waals surface area (Å²) in [5.41, 5.74) is 2.22. The zero-order valence-corrected chi connectivity index (χ0v) is 15.2. The number of guanidine groups is 1. The Balaban J connectivity index is 1.29. The molecule has 1 N–H and O–H groups in total. The van der Waals surface area contributed by atoms with Crippen LogP contribution in [0.5, 0.6) is 0 Å². The minimum Gasteiger partial charge on any atom is -0.444 e. The Hall–Kier alpha value is -2.37. The highest BCUT2D eigenvalue weighted by atomic mass is 19.1. The van der Waals surface area contributed by atoms with Crippen molar-refractivity contribution < 1.29 is 8.81 Å². The summed E-state index contributed by atoms with van der Waals surface area (Å²) in [6, 6.07) is 6.18. The zero-order valence-electron chi connectivity index (χ0n) is 15.2. The first kappa shape index (κ1) is 17.1. The van der Waals surface area contributed by atoms with E-state index in [4.69, 9.17) is 4.42 Å². The fourth-order valence-electron chi connectivity index (χ4n) is 3.98. The van der Waals surface area contributed by atoms with Crippen LogP contribution in [0.2, 0.25) is 0 Å². The lowest BCUT2D eigenvalue weighted by Gasteiger charge is -2.38. The average Bonchev–Trinajstić information content (AvgIpc) is 3.27. The summed E-state index contributed by atoms with van der Waals surface area (Å²) >= 11 is 0. The van der Waals surface area contributed by atoms with Crippen molar-refractivity contribution in [2.45, 2.75) is 32.1 Å². The fourth-order valence-corrected chi connectivity index (χ4v) is 3.98. The summed E-state index contributed by atoms with van der Waals surface area (Å²) in [4.78, 5) is 11.3. The summed E-state index contributed by atoms with van der Waals surface area (Å²) in [5.74, 6) is 1.24. The van der Waals surface area contributed by atoms with Crippen molar-refractivity contribution in [2.75, 3.05) is 26.7 Å². The van der Waals surface area contributed by atoms with Gasteiger partial charge in [-0.15, -0.1) is 0 Å². The maximum absolute atomic E-state index is 13.0. The van der Waals surface area contributed by atoms with Gasteiger partial charge in [-0.1, -0.05) is 6.42 Å². The number of nitrogens with zero attached hydrogens (tertiary/aromatic N) is 3. The van der Waals surface area contributed by atoms with Crippen molar-refractivity contribution in [3.63, 3.8) is 0 Å². The molecule has 0 amide bonds. The topological polar surface area (TPSA) is 53.7 Å². The van der Waals surface area contributed by atoms with Gasteiger partial charge in [0.1, 0.15) is 12.1 Å². The molecule has 0 atom stereocenters. The molecule has 1 aliphatic carbocycles. The number of rotatable bonds is 4. The number of benzene rings is 1. The number of hydrogen-bond donors (Lipinski definition) is 1. The SMILES string of the molecule is CN=C(NCCc1coc(-c2ccc(F)cc2)n1)N1CCC2(CCC2)C1. The van der Waals surface area contributed by atoms with E-state index in [2.05, 4.69) is 20.2 Å². The molecule has 1 saturated carbocycles. The van der Waals surface area contributed by atoms with E-state index >= 15 is 0 Å². The van der Waals surface area contributed by atoms with E-state index < -0.39 is 0 Å². The Labute approximate surface area is 153 Å². The average molecular weight is 356 g/mol. The van der Waals surface area contributed by atoms with Gasteiger partial charge in [-0.2, -0.15) is 0 Å². The van der Waals surface area contributed by atoms with Gasteiger partial charge in [0.25, 0.3) is 0 Å². The van der Waals surface area contributed by atoms with E-state index in [1.807, 2.05) is 7.05 Å². The lowest BCUT2D eigenvalue weighted by atomic mass is 9.68.